The van der Waals surface area contributed by atoms with Gasteiger partial charge in [0, 0.05) is 38.7 Å². The van der Waals surface area contributed by atoms with Crippen molar-refractivity contribution in [2.75, 3.05) is 4.90 Å². The van der Waals surface area contributed by atoms with Gasteiger partial charge < -0.3 is 9.40 Å². The highest BCUT2D eigenvalue weighted by Gasteiger charge is 2.23. The maximum Gasteiger partial charge on any atom is 0.180 e. The summed E-state index contributed by atoms with van der Waals surface area (Å²) in [5, 5.41) is 3.23. The van der Waals surface area contributed by atoms with Crippen molar-refractivity contribution < 1.29 is 4.42 Å². The highest BCUT2D eigenvalue weighted by molar-refractivity contribution is 6.17. The minimum atomic E-state index is 0.538. The largest absolute Gasteiger partial charge is 0.452 e. The number of aromatic amines is 1. The van der Waals surface area contributed by atoms with Crippen molar-refractivity contribution in [1.29, 1.82) is 0 Å². The van der Waals surface area contributed by atoms with Gasteiger partial charge in [0.1, 0.15) is 28.3 Å². The fourth-order valence-electron chi connectivity index (χ4n) is 6.75. The van der Waals surface area contributed by atoms with E-state index in [1.54, 1.807) is 0 Å². The summed E-state index contributed by atoms with van der Waals surface area (Å²) in [5.74, 6) is 1.31. The van der Waals surface area contributed by atoms with Gasteiger partial charge in [-0.1, -0.05) is 84.9 Å². The zero-order chi connectivity index (χ0) is 29.5. The zero-order valence-corrected chi connectivity index (χ0v) is 23.9. The lowest BCUT2D eigenvalue weighted by Crippen LogP contribution is -2.12. The lowest BCUT2D eigenvalue weighted by Gasteiger charge is -2.25. The smallest absolute Gasteiger partial charge is 0.180 e. The topological polar surface area (TPSA) is 70.8 Å². The molecule has 0 fully saturated rings. The van der Waals surface area contributed by atoms with Crippen molar-refractivity contribution in [3.8, 4) is 33.9 Å². The van der Waals surface area contributed by atoms with Gasteiger partial charge >= 0.3 is 0 Å². The summed E-state index contributed by atoms with van der Waals surface area (Å²) in [7, 11) is 0. The van der Waals surface area contributed by atoms with Gasteiger partial charge in [0.15, 0.2) is 11.4 Å². The maximum absolute atomic E-state index is 6.49. The molecule has 45 heavy (non-hydrogen) atoms. The van der Waals surface area contributed by atoms with Gasteiger partial charge in [-0.25, -0.2) is 15.0 Å². The third kappa shape index (κ3) is 3.53. The van der Waals surface area contributed by atoms with Gasteiger partial charge in [0.05, 0.1) is 11.0 Å². The number of rotatable bonds is 1. The minimum absolute atomic E-state index is 0.538. The molecule has 0 radical (unpaired) electrons. The molecule has 1 aliphatic rings. The Labute approximate surface area is 257 Å². The predicted octanol–water partition coefficient (Wildman–Crippen LogP) is 10.2. The molecule has 0 saturated carbocycles. The number of pyridine rings is 1. The van der Waals surface area contributed by atoms with Crippen molar-refractivity contribution in [2.45, 2.75) is 0 Å². The number of benzene rings is 5. The summed E-state index contributed by atoms with van der Waals surface area (Å²) < 4.78 is 6.49. The molecule has 0 spiro atoms. The van der Waals surface area contributed by atoms with Gasteiger partial charge in [0.25, 0.3) is 0 Å². The van der Waals surface area contributed by atoms with Gasteiger partial charge in [-0.05, 0) is 54.1 Å². The molecule has 0 saturated heterocycles. The van der Waals surface area contributed by atoms with Gasteiger partial charge in [-0.15, -0.1) is 0 Å². The molecule has 6 nitrogen and oxygen atoms in total. The second-order valence-electron chi connectivity index (χ2n) is 11.4. The first-order valence-corrected chi connectivity index (χ1v) is 15.0. The average Bonchev–Trinajstić information content (AvgIpc) is 3.67. The van der Waals surface area contributed by atoms with Crippen LogP contribution in [0.15, 0.2) is 138 Å². The number of anilines is 3. The normalized spacial score (nSPS) is 12.4. The van der Waals surface area contributed by atoms with E-state index < -0.39 is 0 Å². The number of H-pyrrole nitrogens is 1. The monoisotopic (exact) mass is 577 g/mol. The van der Waals surface area contributed by atoms with Crippen LogP contribution in [0.4, 0.5) is 17.2 Å². The lowest BCUT2D eigenvalue weighted by molar-refractivity contribution is 0.667. The maximum atomic E-state index is 6.49. The van der Waals surface area contributed by atoms with Crippen molar-refractivity contribution in [3.63, 3.8) is 0 Å². The Hall–Kier alpha value is -6.27. The Morgan fingerprint density at radius 2 is 1.27 bits per heavy atom. The molecule has 1 N–H and O–H groups in total. The summed E-state index contributed by atoms with van der Waals surface area (Å²) >= 11 is 0. The van der Waals surface area contributed by atoms with Crippen LogP contribution in [0.2, 0.25) is 0 Å². The van der Waals surface area contributed by atoms with E-state index in [2.05, 4.69) is 94.8 Å². The SMILES string of the molecule is c1ccc(N2c3cccc(c3)-c3cccc4c3[nH]c3c(cccc34)-c3nc(nc4c3oc3ccccc34)-c3cccc2n3)cc1. The first-order valence-electron chi connectivity index (χ1n) is 15.0. The van der Waals surface area contributed by atoms with E-state index in [-0.39, 0.29) is 0 Å². The number of hydrogen-bond donors (Lipinski definition) is 1. The molecule has 8 bridgehead atoms. The summed E-state index contributed by atoms with van der Waals surface area (Å²) in [6, 6.07) is 45.9. The Kier molecular flexibility index (Phi) is 4.90. The molecule has 1 aliphatic heterocycles. The third-order valence-corrected chi connectivity index (χ3v) is 8.77. The highest BCUT2D eigenvalue weighted by Crippen LogP contribution is 2.43. The van der Waals surface area contributed by atoms with E-state index in [1.807, 2.05) is 48.5 Å². The van der Waals surface area contributed by atoms with Crippen LogP contribution in [0, 0.1) is 0 Å². The van der Waals surface area contributed by atoms with E-state index in [0.29, 0.717) is 17.1 Å². The fraction of sp³-hybridized carbons (Fsp3) is 0. The predicted molar refractivity (Wildman–Crippen MR) is 181 cm³/mol. The van der Waals surface area contributed by atoms with Crippen LogP contribution in [-0.4, -0.2) is 19.9 Å². The molecule has 10 rings (SSSR count). The second kappa shape index (κ2) is 9.11. The molecule has 9 aromatic rings. The molecule has 210 valence electrons. The number of nitrogens with zero attached hydrogens (tertiary/aromatic N) is 4. The van der Waals surface area contributed by atoms with Gasteiger partial charge in [0.2, 0.25) is 0 Å². The Morgan fingerprint density at radius 1 is 0.556 bits per heavy atom. The number of nitrogens with one attached hydrogen (secondary N) is 1. The Bertz CT molecular complexity index is 2620. The zero-order valence-electron chi connectivity index (χ0n) is 23.9. The number of fused-ring (bicyclic) bond motifs is 14. The van der Waals surface area contributed by atoms with Crippen LogP contribution in [-0.2, 0) is 0 Å². The van der Waals surface area contributed by atoms with Crippen molar-refractivity contribution in [3.05, 3.63) is 133 Å². The molecule has 6 heteroatoms. The molecule has 0 unspecified atom stereocenters. The van der Waals surface area contributed by atoms with E-state index in [9.17, 15) is 0 Å². The quantitative estimate of drug-likeness (QED) is 0.210. The number of furan rings is 1. The van der Waals surface area contributed by atoms with E-state index in [4.69, 9.17) is 19.4 Å². The number of aromatic nitrogens is 4. The molecule has 5 heterocycles. The summed E-state index contributed by atoms with van der Waals surface area (Å²) in [6.45, 7) is 0. The lowest BCUT2D eigenvalue weighted by atomic mass is 10.0. The summed E-state index contributed by atoms with van der Waals surface area (Å²) in [6.07, 6.45) is 0. The van der Waals surface area contributed by atoms with Crippen molar-refractivity contribution >= 4 is 61.1 Å². The van der Waals surface area contributed by atoms with Gasteiger partial charge in [-0.2, -0.15) is 0 Å². The van der Waals surface area contributed by atoms with Crippen LogP contribution in [0.5, 0.6) is 0 Å². The Morgan fingerprint density at radius 3 is 2.16 bits per heavy atom. The van der Waals surface area contributed by atoms with E-state index in [1.165, 1.54) is 0 Å². The van der Waals surface area contributed by atoms with Crippen LogP contribution in [0.3, 0.4) is 0 Å². The van der Waals surface area contributed by atoms with Crippen molar-refractivity contribution in [1.82, 2.24) is 19.9 Å². The molecule has 0 aliphatic carbocycles. The van der Waals surface area contributed by atoms with Gasteiger partial charge in [-0.3, -0.25) is 4.90 Å². The molecule has 4 aromatic heterocycles. The summed E-state index contributed by atoms with van der Waals surface area (Å²) in [5.41, 5.74) is 10.9. The second-order valence-corrected chi connectivity index (χ2v) is 11.4. The Balaban J connectivity index is 1.39. The molecular formula is C39H23N5O. The number of para-hydroxylation sites is 4. The fourth-order valence-corrected chi connectivity index (χ4v) is 6.75. The van der Waals surface area contributed by atoms with Crippen molar-refractivity contribution in [2.24, 2.45) is 0 Å². The molecular weight excluding hydrogens is 554 g/mol. The first-order chi connectivity index (χ1) is 22.3. The van der Waals surface area contributed by atoms with E-state index in [0.717, 1.165) is 77.9 Å². The highest BCUT2D eigenvalue weighted by atomic mass is 16.3. The van der Waals surface area contributed by atoms with E-state index >= 15 is 0 Å². The first kappa shape index (κ1) is 24.2. The average molecular weight is 578 g/mol. The minimum Gasteiger partial charge on any atom is -0.452 e. The molecule has 5 aromatic carbocycles. The van der Waals surface area contributed by atoms with Crippen LogP contribution in [0.1, 0.15) is 0 Å². The molecule has 0 atom stereocenters. The van der Waals surface area contributed by atoms with Crippen LogP contribution < -0.4 is 4.90 Å². The molecule has 0 amide bonds. The van der Waals surface area contributed by atoms with Crippen LogP contribution >= 0.6 is 0 Å². The third-order valence-electron chi connectivity index (χ3n) is 8.77. The summed E-state index contributed by atoms with van der Waals surface area (Å²) in [4.78, 5) is 21.5. The number of hydrogen-bond acceptors (Lipinski definition) is 5. The van der Waals surface area contributed by atoms with Crippen LogP contribution in [0.25, 0.3) is 77.8 Å². The standard InChI is InChI=1S/C39H23N5O/c1-2-11-24(12-3-1)44-25-13-6-10-23(22-25)26-15-7-16-27-28-17-8-18-30(35(28)41-34(26)27)37-38-36(29-14-4-5-20-32(29)45-38)42-39(43-37)31-19-9-21-33(44)40-31/h1-22,41H.